The molecule has 4 aliphatic rings. The standard InChI is InChI=1S/C21H28O/c1-4-19-11-18(3)12-20(5-2,17(19)22)15-21(13-18,14-19)16-9-7-6-8-10-16/h6-10H,4-5,11-15H2,1-3H3/t18?,19-,20+,21?. The van der Waals surface area contributed by atoms with Gasteiger partial charge in [0.1, 0.15) is 5.78 Å². The molecule has 4 aliphatic carbocycles. The largest absolute Gasteiger partial charge is 0.298 e. The van der Waals surface area contributed by atoms with E-state index in [0.29, 0.717) is 11.2 Å². The van der Waals surface area contributed by atoms with Crippen LogP contribution in [0.25, 0.3) is 0 Å². The van der Waals surface area contributed by atoms with Crippen LogP contribution in [-0.2, 0) is 10.2 Å². The number of carbonyl (C=O) groups excluding carboxylic acids is 1. The summed E-state index contributed by atoms with van der Waals surface area (Å²) < 4.78 is 0. The molecule has 0 amide bonds. The highest BCUT2D eigenvalue weighted by Gasteiger charge is 2.70. The lowest BCUT2D eigenvalue weighted by Gasteiger charge is -2.69. The molecule has 0 heterocycles. The third-order valence-corrected chi connectivity index (χ3v) is 7.35. The van der Waals surface area contributed by atoms with Gasteiger partial charge >= 0.3 is 0 Å². The smallest absolute Gasteiger partial charge is 0.145 e. The van der Waals surface area contributed by atoms with Crippen LogP contribution in [-0.4, -0.2) is 5.78 Å². The molecule has 2 unspecified atom stereocenters. The summed E-state index contributed by atoms with van der Waals surface area (Å²) in [5.41, 5.74) is 1.99. The average Bonchev–Trinajstić information content (AvgIpc) is 2.52. The highest BCUT2D eigenvalue weighted by atomic mass is 16.1. The van der Waals surface area contributed by atoms with E-state index in [1.165, 1.54) is 12.0 Å². The van der Waals surface area contributed by atoms with Crippen LogP contribution in [0.4, 0.5) is 0 Å². The van der Waals surface area contributed by atoms with E-state index in [4.69, 9.17) is 0 Å². The van der Waals surface area contributed by atoms with Crippen molar-refractivity contribution in [1.29, 1.82) is 0 Å². The maximum absolute atomic E-state index is 13.4. The normalized spacial score (nSPS) is 46.2. The predicted molar refractivity (Wildman–Crippen MR) is 89.8 cm³/mol. The topological polar surface area (TPSA) is 17.1 Å². The minimum Gasteiger partial charge on any atom is -0.298 e. The Morgan fingerprint density at radius 3 is 1.91 bits per heavy atom. The van der Waals surface area contributed by atoms with Crippen molar-refractivity contribution in [2.75, 3.05) is 0 Å². The van der Waals surface area contributed by atoms with Gasteiger partial charge in [-0.05, 0) is 61.3 Å². The van der Waals surface area contributed by atoms with E-state index in [-0.39, 0.29) is 16.2 Å². The zero-order valence-electron chi connectivity index (χ0n) is 14.2. The molecule has 4 bridgehead atoms. The summed E-state index contributed by atoms with van der Waals surface area (Å²) in [6, 6.07) is 11.1. The molecule has 1 heteroatoms. The summed E-state index contributed by atoms with van der Waals surface area (Å²) in [6.45, 7) is 6.96. The van der Waals surface area contributed by atoms with Gasteiger partial charge in [0, 0.05) is 10.8 Å². The van der Waals surface area contributed by atoms with Gasteiger partial charge in [-0.25, -0.2) is 0 Å². The minimum atomic E-state index is -0.0463. The van der Waals surface area contributed by atoms with Crippen LogP contribution in [0.15, 0.2) is 30.3 Å². The summed E-state index contributed by atoms with van der Waals surface area (Å²) in [6.07, 6.45) is 7.78. The molecule has 0 spiro atoms. The average molecular weight is 296 g/mol. The van der Waals surface area contributed by atoms with E-state index in [9.17, 15) is 4.79 Å². The van der Waals surface area contributed by atoms with Gasteiger partial charge < -0.3 is 0 Å². The maximum atomic E-state index is 13.4. The van der Waals surface area contributed by atoms with E-state index in [1.807, 2.05) is 0 Å². The lowest BCUT2D eigenvalue weighted by atomic mass is 9.33. The van der Waals surface area contributed by atoms with Crippen molar-refractivity contribution in [1.82, 2.24) is 0 Å². The Morgan fingerprint density at radius 2 is 1.41 bits per heavy atom. The molecule has 0 saturated heterocycles. The molecule has 22 heavy (non-hydrogen) atoms. The van der Waals surface area contributed by atoms with Gasteiger partial charge in [-0.15, -0.1) is 0 Å². The molecule has 4 fully saturated rings. The van der Waals surface area contributed by atoms with Gasteiger partial charge in [0.05, 0.1) is 0 Å². The first-order chi connectivity index (χ1) is 10.4. The highest BCUT2D eigenvalue weighted by molar-refractivity contribution is 5.93. The Hall–Kier alpha value is -1.11. The first-order valence-corrected chi connectivity index (χ1v) is 9.02. The number of rotatable bonds is 3. The summed E-state index contributed by atoms with van der Waals surface area (Å²) in [5.74, 6) is 0.619. The quantitative estimate of drug-likeness (QED) is 0.741. The second kappa shape index (κ2) is 4.24. The summed E-state index contributed by atoms with van der Waals surface area (Å²) in [4.78, 5) is 13.4. The molecule has 4 saturated carbocycles. The number of hydrogen-bond acceptors (Lipinski definition) is 1. The van der Waals surface area contributed by atoms with E-state index in [0.717, 1.165) is 38.5 Å². The second-order valence-corrected chi connectivity index (χ2v) is 8.94. The van der Waals surface area contributed by atoms with Crippen molar-refractivity contribution >= 4 is 5.78 Å². The molecule has 118 valence electrons. The first-order valence-electron chi connectivity index (χ1n) is 9.02. The lowest BCUT2D eigenvalue weighted by molar-refractivity contribution is -0.185. The van der Waals surface area contributed by atoms with E-state index in [2.05, 4.69) is 51.1 Å². The fraction of sp³-hybridized carbons (Fsp3) is 0.667. The van der Waals surface area contributed by atoms with Gasteiger partial charge in [0.2, 0.25) is 0 Å². The highest BCUT2D eigenvalue weighted by Crippen LogP contribution is 2.73. The number of carbonyl (C=O) groups is 1. The van der Waals surface area contributed by atoms with Crippen LogP contribution < -0.4 is 0 Å². The van der Waals surface area contributed by atoms with Crippen LogP contribution in [0.3, 0.4) is 0 Å². The van der Waals surface area contributed by atoms with E-state index in [1.54, 1.807) is 0 Å². The molecule has 4 atom stereocenters. The number of ketones is 1. The Kier molecular flexibility index (Phi) is 2.79. The molecule has 1 nitrogen and oxygen atoms in total. The molecule has 0 radical (unpaired) electrons. The van der Waals surface area contributed by atoms with Crippen molar-refractivity contribution in [3.05, 3.63) is 35.9 Å². The third kappa shape index (κ3) is 1.63. The van der Waals surface area contributed by atoms with Gasteiger partial charge in [0.15, 0.2) is 0 Å². The second-order valence-electron chi connectivity index (χ2n) is 8.94. The summed E-state index contributed by atoms with van der Waals surface area (Å²) >= 11 is 0. The molecular weight excluding hydrogens is 268 g/mol. The zero-order chi connectivity index (χ0) is 15.6. The molecule has 0 aliphatic heterocycles. The summed E-state index contributed by atoms with van der Waals surface area (Å²) in [7, 11) is 0. The molecule has 0 aromatic heterocycles. The van der Waals surface area contributed by atoms with E-state index >= 15 is 0 Å². The maximum Gasteiger partial charge on any atom is 0.145 e. The van der Waals surface area contributed by atoms with Crippen LogP contribution >= 0.6 is 0 Å². The van der Waals surface area contributed by atoms with Gasteiger partial charge in [0.25, 0.3) is 0 Å². The van der Waals surface area contributed by atoms with E-state index < -0.39 is 0 Å². The van der Waals surface area contributed by atoms with Crippen LogP contribution in [0.5, 0.6) is 0 Å². The SMILES string of the molecule is CC[C@]12CC3(C)CC(c4ccccc4)(C1)C[C@@](CC)(C3)C2=O. The Balaban J connectivity index is 1.92. The van der Waals surface area contributed by atoms with Crippen molar-refractivity contribution in [3.63, 3.8) is 0 Å². The van der Waals surface area contributed by atoms with Crippen LogP contribution in [0.1, 0.15) is 71.3 Å². The molecular formula is C21H28O. The van der Waals surface area contributed by atoms with Crippen molar-refractivity contribution in [2.24, 2.45) is 16.2 Å². The van der Waals surface area contributed by atoms with Gasteiger partial charge in [-0.2, -0.15) is 0 Å². The molecule has 0 N–H and O–H groups in total. The molecule has 5 rings (SSSR count). The Labute approximate surface area is 134 Å². The number of benzene rings is 1. The molecule has 1 aromatic rings. The molecule has 1 aromatic carbocycles. The monoisotopic (exact) mass is 296 g/mol. The summed E-state index contributed by atoms with van der Waals surface area (Å²) in [5, 5.41) is 0. The Morgan fingerprint density at radius 1 is 0.864 bits per heavy atom. The fourth-order valence-corrected chi connectivity index (χ4v) is 7.05. The van der Waals surface area contributed by atoms with Crippen molar-refractivity contribution < 1.29 is 4.79 Å². The van der Waals surface area contributed by atoms with Gasteiger partial charge in [-0.1, -0.05) is 51.1 Å². The minimum absolute atomic E-state index is 0.0463. The number of Topliss-reactive ketones (excluding diaryl/α,β-unsaturated/α-hetero) is 1. The lowest BCUT2D eigenvalue weighted by Crippen LogP contribution is -2.67. The Bertz CT molecular complexity index is 590. The van der Waals surface area contributed by atoms with Crippen LogP contribution in [0, 0.1) is 16.2 Å². The first kappa shape index (κ1) is 14.5. The number of hydrogen-bond donors (Lipinski definition) is 0. The van der Waals surface area contributed by atoms with Crippen LogP contribution in [0.2, 0.25) is 0 Å². The van der Waals surface area contributed by atoms with Crippen molar-refractivity contribution in [3.8, 4) is 0 Å². The van der Waals surface area contributed by atoms with Gasteiger partial charge in [-0.3, -0.25) is 4.79 Å². The third-order valence-electron chi connectivity index (χ3n) is 7.35. The zero-order valence-corrected chi connectivity index (χ0v) is 14.2. The fourth-order valence-electron chi connectivity index (χ4n) is 7.05. The predicted octanol–water partition coefficient (Wildman–Crippen LogP) is 5.28. The van der Waals surface area contributed by atoms with Crippen molar-refractivity contribution in [2.45, 2.75) is 71.1 Å².